The largest absolute Gasteiger partial charge is 0.454 e. The molecule has 0 atom stereocenters. The number of fused-ring (bicyclic) bond motifs is 3. The summed E-state index contributed by atoms with van der Waals surface area (Å²) >= 11 is 0. The number of rotatable bonds is 1. The van der Waals surface area contributed by atoms with Gasteiger partial charge in [-0.25, -0.2) is 0 Å². The van der Waals surface area contributed by atoms with Crippen LogP contribution < -0.4 is 0 Å². The first kappa shape index (κ1) is 9.40. The summed E-state index contributed by atoms with van der Waals surface area (Å²) in [5.74, 6) is 0.478. The maximum absolute atomic E-state index is 5.78. The zero-order chi connectivity index (χ0) is 11.1. The molecule has 0 aliphatic rings. The molecule has 0 amide bonds. The Morgan fingerprint density at radius 2 is 1.88 bits per heavy atom. The van der Waals surface area contributed by atoms with Crippen LogP contribution in [0.5, 0.6) is 0 Å². The monoisotopic (exact) mass is 211 g/mol. The molecule has 0 saturated carbocycles. The van der Waals surface area contributed by atoms with Gasteiger partial charge in [0.1, 0.15) is 11.1 Å². The summed E-state index contributed by atoms with van der Waals surface area (Å²) in [5, 5.41) is 1.16. The highest BCUT2D eigenvalue weighted by atomic mass is 16.3. The lowest BCUT2D eigenvalue weighted by Crippen LogP contribution is -1.87. The van der Waals surface area contributed by atoms with Gasteiger partial charge in [0.15, 0.2) is 5.58 Å². The third kappa shape index (κ3) is 1.23. The van der Waals surface area contributed by atoms with Crippen LogP contribution in [0.4, 0.5) is 0 Å². The van der Waals surface area contributed by atoms with Crippen LogP contribution in [0.25, 0.3) is 22.1 Å². The number of hydrogen-bond acceptors (Lipinski definition) is 2. The van der Waals surface area contributed by atoms with Crippen molar-refractivity contribution in [1.82, 2.24) is 4.98 Å². The zero-order valence-corrected chi connectivity index (χ0v) is 9.40. The molecule has 0 spiro atoms. The van der Waals surface area contributed by atoms with Crippen LogP contribution in [0.2, 0.25) is 0 Å². The number of furan rings is 1. The Balaban J connectivity index is 2.53. The minimum Gasteiger partial charge on any atom is -0.454 e. The molecule has 2 nitrogen and oxygen atoms in total. The first-order valence-corrected chi connectivity index (χ1v) is 5.53. The third-order valence-corrected chi connectivity index (χ3v) is 2.91. The van der Waals surface area contributed by atoms with E-state index in [1.54, 1.807) is 0 Å². The number of hydrogen-bond donors (Lipinski definition) is 0. The summed E-state index contributed by atoms with van der Waals surface area (Å²) in [7, 11) is 0. The van der Waals surface area contributed by atoms with Crippen molar-refractivity contribution in [1.29, 1.82) is 0 Å². The van der Waals surface area contributed by atoms with Gasteiger partial charge in [0.2, 0.25) is 0 Å². The van der Waals surface area contributed by atoms with E-state index in [-0.39, 0.29) is 0 Å². The standard InChI is InChI=1S/C14H13NO/c1-9(2)10-5-3-6-11-13(10)14-12(16-11)7-4-8-15-14/h3-9H,1-2H3. The molecule has 2 aromatic heterocycles. The van der Waals surface area contributed by atoms with E-state index in [0.717, 1.165) is 22.1 Å². The third-order valence-electron chi connectivity index (χ3n) is 2.91. The SMILES string of the molecule is CC(C)c1cccc2oc3cccnc3c12. The Hall–Kier alpha value is -1.83. The molecular formula is C14H13NO. The average molecular weight is 211 g/mol. The highest BCUT2D eigenvalue weighted by Crippen LogP contribution is 2.32. The van der Waals surface area contributed by atoms with Crippen LogP contribution in [0.15, 0.2) is 40.9 Å². The minimum absolute atomic E-state index is 0.478. The van der Waals surface area contributed by atoms with Crippen molar-refractivity contribution < 1.29 is 4.42 Å². The van der Waals surface area contributed by atoms with E-state index in [1.165, 1.54) is 5.56 Å². The van der Waals surface area contributed by atoms with Crippen molar-refractivity contribution in [3.05, 3.63) is 42.1 Å². The molecule has 2 heterocycles. The molecule has 0 fully saturated rings. The van der Waals surface area contributed by atoms with Gasteiger partial charge in [-0.05, 0) is 29.7 Å². The molecule has 0 bridgehead atoms. The molecule has 0 aliphatic carbocycles. The van der Waals surface area contributed by atoms with E-state index < -0.39 is 0 Å². The van der Waals surface area contributed by atoms with Gasteiger partial charge in [-0.1, -0.05) is 26.0 Å². The van der Waals surface area contributed by atoms with Crippen molar-refractivity contribution in [2.24, 2.45) is 0 Å². The normalized spacial score (nSPS) is 11.7. The number of pyridine rings is 1. The van der Waals surface area contributed by atoms with Crippen molar-refractivity contribution >= 4 is 22.1 Å². The van der Waals surface area contributed by atoms with E-state index in [1.807, 2.05) is 30.5 Å². The van der Waals surface area contributed by atoms with Crippen LogP contribution in [-0.2, 0) is 0 Å². The second kappa shape index (κ2) is 3.34. The predicted molar refractivity (Wildman–Crippen MR) is 65.6 cm³/mol. The Morgan fingerprint density at radius 3 is 2.69 bits per heavy atom. The van der Waals surface area contributed by atoms with Crippen LogP contribution in [0.3, 0.4) is 0 Å². The first-order chi connectivity index (χ1) is 7.77. The molecule has 0 N–H and O–H groups in total. The molecule has 2 heteroatoms. The first-order valence-electron chi connectivity index (χ1n) is 5.53. The second-order valence-electron chi connectivity index (χ2n) is 4.33. The van der Waals surface area contributed by atoms with Gasteiger partial charge in [-0.15, -0.1) is 0 Å². The summed E-state index contributed by atoms with van der Waals surface area (Å²) in [6.45, 7) is 4.38. The highest BCUT2D eigenvalue weighted by Gasteiger charge is 2.12. The molecule has 80 valence electrons. The van der Waals surface area contributed by atoms with Gasteiger partial charge in [-0.3, -0.25) is 4.98 Å². The lowest BCUT2D eigenvalue weighted by Gasteiger charge is -2.05. The lowest BCUT2D eigenvalue weighted by molar-refractivity contribution is 0.667. The van der Waals surface area contributed by atoms with Crippen LogP contribution in [-0.4, -0.2) is 4.98 Å². The second-order valence-corrected chi connectivity index (χ2v) is 4.33. The van der Waals surface area contributed by atoms with Gasteiger partial charge in [-0.2, -0.15) is 0 Å². The van der Waals surface area contributed by atoms with Crippen molar-refractivity contribution in [3.8, 4) is 0 Å². The quantitative estimate of drug-likeness (QED) is 0.605. The molecule has 0 saturated heterocycles. The molecule has 0 unspecified atom stereocenters. The summed E-state index contributed by atoms with van der Waals surface area (Å²) in [6.07, 6.45) is 1.81. The predicted octanol–water partition coefficient (Wildman–Crippen LogP) is 4.10. The van der Waals surface area contributed by atoms with Crippen molar-refractivity contribution in [3.63, 3.8) is 0 Å². The number of aromatic nitrogens is 1. The molecule has 0 aliphatic heterocycles. The fourth-order valence-electron chi connectivity index (χ4n) is 2.15. The summed E-state index contributed by atoms with van der Waals surface area (Å²) in [5.41, 5.74) is 4.07. The van der Waals surface area contributed by atoms with Gasteiger partial charge in [0.25, 0.3) is 0 Å². The molecule has 16 heavy (non-hydrogen) atoms. The number of benzene rings is 1. The Morgan fingerprint density at radius 1 is 1.06 bits per heavy atom. The topological polar surface area (TPSA) is 26.0 Å². The van der Waals surface area contributed by atoms with E-state index in [0.29, 0.717) is 5.92 Å². The molecule has 3 aromatic rings. The summed E-state index contributed by atoms with van der Waals surface area (Å²) < 4.78 is 5.78. The Kier molecular flexibility index (Phi) is 1.96. The van der Waals surface area contributed by atoms with Gasteiger partial charge >= 0.3 is 0 Å². The van der Waals surface area contributed by atoms with Crippen molar-refractivity contribution in [2.45, 2.75) is 19.8 Å². The fraction of sp³-hybridized carbons (Fsp3) is 0.214. The van der Waals surface area contributed by atoms with E-state index >= 15 is 0 Å². The Bertz CT molecular complexity index is 652. The summed E-state index contributed by atoms with van der Waals surface area (Å²) in [6, 6.07) is 10.1. The molecule has 0 radical (unpaired) electrons. The highest BCUT2D eigenvalue weighted by molar-refractivity contribution is 6.04. The van der Waals surface area contributed by atoms with E-state index in [9.17, 15) is 0 Å². The minimum atomic E-state index is 0.478. The summed E-state index contributed by atoms with van der Waals surface area (Å²) in [4.78, 5) is 4.42. The van der Waals surface area contributed by atoms with Crippen LogP contribution in [0.1, 0.15) is 25.3 Å². The van der Waals surface area contributed by atoms with Gasteiger partial charge in [0, 0.05) is 6.20 Å². The van der Waals surface area contributed by atoms with Gasteiger partial charge in [0.05, 0.1) is 5.39 Å². The fourth-order valence-corrected chi connectivity index (χ4v) is 2.15. The Labute approximate surface area is 93.9 Å². The number of nitrogens with zero attached hydrogens (tertiary/aromatic N) is 1. The van der Waals surface area contributed by atoms with Crippen LogP contribution >= 0.6 is 0 Å². The lowest BCUT2D eigenvalue weighted by atomic mass is 9.99. The van der Waals surface area contributed by atoms with E-state index in [4.69, 9.17) is 4.42 Å². The maximum Gasteiger partial charge on any atom is 0.153 e. The molecular weight excluding hydrogens is 198 g/mol. The zero-order valence-electron chi connectivity index (χ0n) is 9.40. The molecule has 3 rings (SSSR count). The smallest absolute Gasteiger partial charge is 0.153 e. The average Bonchev–Trinajstić information content (AvgIpc) is 2.66. The maximum atomic E-state index is 5.78. The van der Waals surface area contributed by atoms with E-state index in [2.05, 4.69) is 24.9 Å². The van der Waals surface area contributed by atoms with Crippen LogP contribution in [0, 0.1) is 0 Å². The molecule has 1 aromatic carbocycles. The van der Waals surface area contributed by atoms with Gasteiger partial charge < -0.3 is 4.42 Å². The van der Waals surface area contributed by atoms with Crippen molar-refractivity contribution in [2.75, 3.05) is 0 Å².